The predicted molar refractivity (Wildman–Crippen MR) is 113 cm³/mol. The van der Waals surface area contributed by atoms with E-state index >= 15 is 0 Å². The summed E-state index contributed by atoms with van der Waals surface area (Å²) in [5, 5.41) is 22.1. The van der Waals surface area contributed by atoms with Gasteiger partial charge in [0.05, 0.1) is 5.92 Å². The lowest BCUT2D eigenvalue weighted by molar-refractivity contribution is -0.550. The highest BCUT2D eigenvalue weighted by atomic mass is 16.6. The summed E-state index contributed by atoms with van der Waals surface area (Å²) >= 11 is 0. The first-order valence-corrected chi connectivity index (χ1v) is 10.9. The van der Waals surface area contributed by atoms with Gasteiger partial charge in [-0.3, -0.25) is 34.1 Å². The lowest BCUT2D eigenvalue weighted by atomic mass is 9.76. The van der Waals surface area contributed by atoms with Crippen molar-refractivity contribution in [1.29, 1.82) is 0 Å². The Labute approximate surface area is 201 Å². The molecule has 198 valence electrons. The number of nitrogens with zero attached hydrogens (tertiary/aromatic N) is 1. The van der Waals surface area contributed by atoms with Crippen LogP contribution in [0.4, 0.5) is 0 Å². The molecule has 7 atom stereocenters. The van der Waals surface area contributed by atoms with Crippen LogP contribution in [-0.4, -0.2) is 83.0 Å². The summed E-state index contributed by atoms with van der Waals surface area (Å²) < 4.78 is 26.0. The number of esters is 5. The Kier molecular flexibility index (Phi) is 11.5. The van der Waals surface area contributed by atoms with Crippen molar-refractivity contribution in [1.82, 2.24) is 0 Å². The number of hydrogen-bond donors (Lipinski definition) is 1. The maximum atomic E-state index is 12.0. The molecule has 0 radical (unpaired) electrons. The average molecular weight is 505 g/mol. The van der Waals surface area contributed by atoms with Crippen LogP contribution >= 0.6 is 0 Å². The highest BCUT2D eigenvalue weighted by molar-refractivity contribution is 5.69. The predicted octanol–water partition coefficient (Wildman–Crippen LogP) is 0.0826. The first-order valence-electron chi connectivity index (χ1n) is 10.9. The molecule has 0 spiro atoms. The molecule has 0 amide bonds. The van der Waals surface area contributed by atoms with Gasteiger partial charge in [-0.05, 0) is 19.3 Å². The molecule has 35 heavy (non-hydrogen) atoms. The maximum Gasteiger partial charge on any atom is 0.303 e. The van der Waals surface area contributed by atoms with Crippen molar-refractivity contribution < 1.29 is 57.7 Å². The molecule has 0 aromatic carbocycles. The molecule has 1 N–H and O–H groups in total. The van der Waals surface area contributed by atoms with Crippen LogP contribution in [0.3, 0.4) is 0 Å². The Balaban J connectivity index is 3.66. The van der Waals surface area contributed by atoms with Gasteiger partial charge in [0, 0.05) is 39.5 Å². The fourth-order valence-corrected chi connectivity index (χ4v) is 4.10. The molecule has 0 bridgehead atoms. The van der Waals surface area contributed by atoms with Crippen molar-refractivity contribution in [2.24, 2.45) is 5.92 Å². The van der Waals surface area contributed by atoms with Gasteiger partial charge in [0.1, 0.15) is 12.7 Å². The molecular formula is C21H31NO13. The Hall–Kier alpha value is -3.29. The number of aliphatic hydroxyl groups excluding tert-OH is 1. The summed E-state index contributed by atoms with van der Waals surface area (Å²) in [7, 11) is 0. The molecule has 1 fully saturated rings. The fourth-order valence-electron chi connectivity index (χ4n) is 4.10. The quantitative estimate of drug-likeness (QED) is 0.172. The Morgan fingerprint density at radius 1 is 0.829 bits per heavy atom. The summed E-state index contributed by atoms with van der Waals surface area (Å²) in [6.07, 6.45) is -7.42. The zero-order chi connectivity index (χ0) is 26.9. The maximum absolute atomic E-state index is 12.0. The first kappa shape index (κ1) is 29.7. The van der Waals surface area contributed by atoms with E-state index in [0.29, 0.717) is 6.42 Å². The van der Waals surface area contributed by atoms with Crippen molar-refractivity contribution in [2.45, 2.75) is 90.4 Å². The van der Waals surface area contributed by atoms with E-state index in [1.165, 1.54) is 0 Å². The van der Waals surface area contributed by atoms with E-state index in [-0.39, 0.29) is 12.8 Å². The van der Waals surface area contributed by atoms with E-state index in [9.17, 15) is 39.2 Å². The summed E-state index contributed by atoms with van der Waals surface area (Å²) in [6.45, 7) is 4.47. The zero-order valence-corrected chi connectivity index (χ0v) is 20.2. The molecule has 0 aliphatic heterocycles. The van der Waals surface area contributed by atoms with Gasteiger partial charge in [-0.15, -0.1) is 0 Å². The molecular weight excluding hydrogens is 474 g/mol. The largest absolute Gasteiger partial charge is 0.462 e. The minimum Gasteiger partial charge on any atom is -0.462 e. The molecule has 1 aliphatic carbocycles. The van der Waals surface area contributed by atoms with Gasteiger partial charge in [-0.1, -0.05) is 0 Å². The number of carbonyl (C=O) groups is 5. The highest BCUT2D eigenvalue weighted by Crippen LogP contribution is 2.35. The number of carbonyl (C=O) groups excluding carboxylic acids is 5. The molecule has 1 rings (SSSR count). The third-order valence-corrected chi connectivity index (χ3v) is 5.22. The lowest BCUT2D eigenvalue weighted by Gasteiger charge is -2.40. The molecule has 1 saturated carbocycles. The number of ether oxygens (including phenoxy) is 5. The van der Waals surface area contributed by atoms with Gasteiger partial charge in [0.25, 0.3) is 0 Å². The van der Waals surface area contributed by atoms with Crippen LogP contribution in [0.2, 0.25) is 0 Å². The Morgan fingerprint density at radius 3 is 1.80 bits per heavy atom. The van der Waals surface area contributed by atoms with Crippen LogP contribution in [0, 0.1) is 16.0 Å². The van der Waals surface area contributed by atoms with Gasteiger partial charge in [0.15, 0.2) is 24.4 Å². The summed E-state index contributed by atoms with van der Waals surface area (Å²) in [5.74, 6) is -5.59. The molecule has 0 saturated heterocycles. The third kappa shape index (κ3) is 9.47. The summed E-state index contributed by atoms with van der Waals surface area (Å²) in [4.78, 5) is 70.2. The van der Waals surface area contributed by atoms with Crippen molar-refractivity contribution in [3.05, 3.63) is 10.1 Å². The van der Waals surface area contributed by atoms with Crippen molar-refractivity contribution >= 4 is 29.8 Å². The van der Waals surface area contributed by atoms with Crippen molar-refractivity contribution in [3.63, 3.8) is 0 Å². The monoisotopic (exact) mass is 505 g/mol. The zero-order valence-electron chi connectivity index (χ0n) is 20.2. The number of aliphatic hydroxyl groups is 1. The van der Waals surface area contributed by atoms with Gasteiger partial charge in [-0.25, -0.2) is 0 Å². The van der Waals surface area contributed by atoms with E-state index in [0.717, 1.165) is 34.6 Å². The summed E-state index contributed by atoms with van der Waals surface area (Å²) in [5.41, 5.74) is 0. The molecule has 1 aliphatic rings. The number of nitro groups is 1. The second-order valence-electron chi connectivity index (χ2n) is 8.11. The molecule has 14 heteroatoms. The second-order valence-corrected chi connectivity index (χ2v) is 8.11. The van der Waals surface area contributed by atoms with Crippen LogP contribution in [0.1, 0.15) is 53.9 Å². The SMILES string of the molecule is CC(=O)OC[C@@H](OC(C)=O)[C@H](OC(C)=O)[C@H](OC(C)=O)[C@@H](OC(C)=O)[C@H]1CCC[C@@H](O)[C@@H]1[N+](=O)[O-]. The Bertz CT molecular complexity index is 813. The smallest absolute Gasteiger partial charge is 0.303 e. The van der Waals surface area contributed by atoms with Crippen LogP contribution < -0.4 is 0 Å². The molecule has 0 aromatic heterocycles. The van der Waals surface area contributed by atoms with Gasteiger partial charge in [0.2, 0.25) is 6.04 Å². The lowest BCUT2D eigenvalue weighted by Crippen LogP contribution is -2.59. The van der Waals surface area contributed by atoms with Gasteiger partial charge >= 0.3 is 29.8 Å². The topological polar surface area (TPSA) is 195 Å². The van der Waals surface area contributed by atoms with Crippen molar-refractivity contribution in [3.8, 4) is 0 Å². The normalized spacial score (nSPS) is 23.0. The van der Waals surface area contributed by atoms with E-state index in [1.54, 1.807) is 0 Å². The fraction of sp³-hybridized carbons (Fsp3) is 0.762. The number of rotatable bonds is 11. The Morgan fingerprint density at radius 2 is 1.34 bits per heavy atom. The van der Waals surface area contributed by atoms with Gasteiger partial charge < -0.3 is 28.8 Å². The number of hydrogen-bond acceptors (Lipinski definition) is 13. The summed E-state index contributed by atoms with van der Waals surface area (Å²) in [6, 6.07) is -1.61. The standard InChI is InChI=1S/C21H31NO13/c1-10(23)31-9-17(32-11(2)24)20(34-13(4)26)21(35-14(5)27)19(33-12(3)25)15-7-6-8-16(28)18(15)22(29)30/h15-21,28H,6-9H2,1-5H3/t15-,16+,17+,18+,19-,20-,21+/m0/s1. The van der Waals surface area contributed by atoms with E-state index in [4.69, 9.17) is 23.7 Å². The highest BCUT2D eigenvalue weighted by Gasteiger charge is 2.53. The van der Waals surface area contributed by atoms with Crippen LogP contribution in [0.5, 0.6) is 0 Å². The first-order chi connectivity index (χ1) is 16.2. The minimum absolute atomic E-state index is 0.0907. The van der Waals surface area contributed by atoms with Crippen molar-refractivity contribution in [2.75, 3.05) is 6.61 Å². The molecule has 0 unspecified atom stereocenters. The third-order valence-electron chi connectivity index (χ3n) is 5.22. The van der Waals surface area contributed by atoms with Crippen LogP contribution in [0.25, 0.3) is 0 Å². The van der Waals surface area contributed by atoms with Crippen LogP contribution in [0.15, 0.2) is 0 Å². The molecule has 0 heterocycles. The van der Waals surface area contributed by atoms with Crippen LogP contribution in [-0.2, 0) is 47.7 Å². The second kappa shape index (κ2) is 13.6. The van der Waals surface area contributed by atoms with E-state index in [2.05, 4.69) is 0 Å². The van der Waals surface area contributed by atoms with Gasteiger partial charge in [-0.2, -0.15) is 0 Å². The van der Waals surface area contributed by atoms with E-state index in [1.807, 2.05) is 0 Å². The minimum atomic E-state index is -1.72. The molecule has 14 nitrogen and oxygen atoms in total. The van der Waals surface area contributed by atoms with E-state index < -0.39 is 83.9 Å². The average Bonchev–Trinajstić information content (AvgIpc) is 2.70. The molecule has 0 aromatic rings.